The van der Waals surface area contributed by atoms with E-state index < -0.39 is 0 Å². The number of fused-ring (bicyclic) bond motifs is 8. The summed E-state index contributed by atoms with van der Waals surface area (Å²) in [5.74, 6) is 0. The van der Waals surface area contributed by atoms with Gasteiger partial charge in [-0.05, 0) is 73.1 Å². The van der Waals surface area contributed by atoms with Crippen LogP contribution in [0.2, 0.25) is 0 Å². The highest BCUT2D eigenvalue weighted by atomic mass is 32.1. The van der Waals surface area contributed by atoms with Crippen LogP contribution in [-0.2, 0) is 0 Å². The average Bonchev–Trinajstić information content (AvgIpc) is 3.61. The lowest BCUT2D eigenvalue weighted by Crippen LogP contribution is -1.89. The first-order valence-corrected chi connectivity index (χ1v) is 14.4. The monoisotopic (exact) mass is 526 g/mol. The van der Waals surface area contributed by atoms with Gasteiger partial charge in [-0.15, -0.1) is 11.3 Å². The van der Waals surface area contributed by atoms with Crippen molar-refractivity contribution in [2.45, 2.75) is 0 Å². The molecule has 0 atom stereocenters. The Morgan fingerprint density at radius 2 is 1.02 bits per heavy atom. The number of hydrogen-bond acceptors (Lipinski definition) is 2. The van der Waals surface area contributed by atoms with Crippen molar-refractivity contribution in [1.82, 2.24) is 0 Å². The lowest BCUT2D eigenvalue weighted by Gasteiger charge is -2.17. The highest BCUT2D eigenvalue weighted by Crippen LogP contribution is 2.48. The normalized spacial score (nSPS) is 12.0. The fraction of sp³-hybridized carbons (Fsp3) is 0. The van der Waals surface area contributed by atoms with Crippen molar-refractivity contribution in [3.8, 4) is 21.6 Å². The smallest absolute Gasteiger partial charge is 0.153 e. The standard InChI is InChI=1S/C38H22OS/c1-2-10-24-21-25(18-17-23(24)9-1)35-28-12-3-5-14-30(28)36(31-15-6-4-13-29(31)35)34-22-26-19-20-32-27-11-7-8-16-33(27)39-37(32)38(26)40-34/h1-22H. The zero-order valence-electron chi connectivity index (χ0n) is 21.5. The minimum absolute atomic E-state index is 0.940. The van der Waals surface area contributed by atoms with Crippen LogP contribution < -0.4 is 0 Å². The van der Waals surface area contributed by atoms with Gasteiger partial charge >= 0.3 is 0 Å². The summed E-state index contributed by atoms with van der Waals surface area (Å²) in [5, 5.41) is 11.2. The van der Waals surface area contributed by atoms with Gasteiger partial charge in [0.2, 0.25) is 0 Å². The van der Waals surface area contributed by atoms with Crippen LogP contribution in [0.5, 0.6) is 0 Å². The maximum Gasteiger partial charge on any atom is 0.153 e. The second kappa shape index (κ2) is 8.29. The molecule has 0 N–H and O–H groups in total. The summed E-state index contributed by atoms with van der Waals surface area (Å²) in [6.07, 6.45) is 0. The molecule has 7 aromatic carbocycles. The van der Waals surface area contributed by atoms with Gasteiger partial charge in [-0.1, -0.05) is 109 Å². The molecule has 186 valence electrons. The van der Waals surface area contributed by atoms with E-state index in [1.807, 2.05) is 17.4 Å². The SMILES string of the molecule is c1ccc2cc(-c3c4ccccc4c(-c4cc5ccc6c7ccccc7oc6c5s4)c4ccccc34)ccc2c1. The van der Waals surface area contributed by atoms with Crippen LogP contribution >= 0.6 is 11.3 Å². The van der Waals surface area contributed by atoms with Crippen LogP contribution in [-0.4, -0.2) is 0 Å². The molecule has 2 heteroatoms. The Labute approximate surface area is 234 Å². The van der Waals surface area contributed by atoms with Gasteiger partial charge in [0.15, 0.2) is 5.58 Å². The molecule has 0 bridgehead atoms. The largest absolute Gasteiger partial charge is 0.455 e. The van der Waals surface area contributed by atoms with Gasteiger partial charge in [0, 0.05) is 21.2 Å². The molecule has 9 rings (SSSR count). The highest BCUT2D eigenvalue weighted by molar-refractivity contribution is 7.23. The number of thiophene rings is 1. The molecular weight excluding hydrogens is 504 g/mol. The van der Waals surface area contributed by atoms with E-state index in [-0.39, 0.29) is 0 Å². The van der Waals surface area contributed by atoms with E-state index in [1.54, 1.807) is 0 Å². The zero-order chi connectivity index (χ0) is 26.2. The van der Waals surface area contributed by atoms with Crippen LogP contribution in [0.15, 0.2) is 138 Å². The first-order chi connectivity index (χ1) is 19.8. The molecule has 0 amide bonds. The van der Waals surface area contributed by atoms with E-state index in [0.717, 1.165) is 11.2 Å². The molecule has 40 heavy (non-hydrogen) atoms. The fourth-order valence-electron chi connectivity index (χ4n) is 6.45. The van der Waals surface area contributed by atoms with Gasteiger partial charge in [-0.25, -0.2) is 0 Å². The molecule has 0 aliphatic rings. The maximum atomic E-state index is 6.41. The van der Waals surface area contributed by atoms with Crippen molar-refractivity contribution < 1.29 is 4.42 Å². The van der Waals surface area contributed by atoms with E-state index >= 15 is 0 Å². The molecule has 0 saturated heterocycles. The van der Waals surface area contributed by atoms with Crippen LogP contribution in [0.25, 0.3) is 85.9 Å². The fourth-order valence-corrected chi connectivity index (χ4v) is 7.67. The summed E-state index contributed by atoms with van der Waals surface area (Å²) in [6.45, 7) is 0. The van der Waals surface area contributed by atoms with Crippen molar-refractivity contribution >= 4 is 75.7 Å². The number of furan rings is 1. The molecule has 9 aromatic rings. The Morgan fingerprint density at radius 3 is 1.77 bits per heavy atom. The van der Waals surface area contributed by atoms with Gasteiger partial charge < -0.3 is 4.42 Å². The second-order valence-corrected chi connectivity index (χ2v) is 11.5. The summed E-state index contributed by atoms with van der Waals surface area (Å²) in [5.41, 5.74) is 5.76. The molecule has 0 spiro atoms. The summed E-state index contributed by atoms with van der Waals surface area (Å²) < 4.78 is 7.62. The van der Waals surface area contributed by atoms with Crippen LogP contribution in [0.4, 0.5) is 0 Å². The van der Waals surface area contributed by atoms with E-state index in [9.17, 15) is 0 Å². The van der Waals surface area contributed by atoms with E-state index in [2.05, 4.69) is 127 Å². The third-order valence-electron chi connectivity index (χ3n) is 8.25. The van der Waals surface area contributed by atoms with Crippen LogP contribution in [0.1, 0.15) is 0 Å². The van der Waals surface area contributed by atoms with Crippen molar-refractivity contribution in [3.05, 3.63) is 133 Å². The maximum absolute atomic E-state index is 6.41. The van der Waals surface area contributed by atoms with Crippen molar-refractivity contribution in [2.75, 3.05) is 0 Å². The lowest BCUT2D eigenvalue weighted by atomic mass is 9.87. The Hall–Kier alpha value is -4.92. The Morgan fingerprint density at radius 1 is 0.425 bits per heavy atom. The number of benzene rings is 7. The minimum atomic E-state index is 0.940. The topological polar surface area (TPSA) is 13.1 Å². The van der Waals surface area contributed by atoms with Gasteiger partial charge in [0.05, 0.1) is 4.70 Å². The highest BCUT2D eigenvalue weighted by Gasteiger charge is 2.19. The summed E-state index contributed by atoms with van der Waals surface area (Å²) in [4.78, 5) is 1.26. The number of para-hydroxylation sites is 1. The summed E-state index contributed by atoms with van der Waals surface area (Å²) >= 11 is 1.83. The number of hydrogen-bond donors (Lipinski definition) is 0. The van der Waals surface area contributed by atoms with Crippen molar-refractivity contribution in [3.63, 3.8) is 0 Å². The zero-order valence-corrected chi connectivity index (χ0v) is 22.3. The van der Waals surface area contributed by atoms with Gasteiger partial charge in [-0.3, -0.25) is 0 Å². The first kappa shape index (κ1) is 22.0. The summed E-state index contributed by atoms with van der Waals surface area (Å²) in [6, 6.07) is 48.3. The third kappa shape index (κ3) is 3.08. The van der Waals surface area contributed by atoms with Gasteiger partial charge in [-0.2, -0.15) is 0 Å². The van der Waals surface area contributed by atoms with Crippen LogP contribution in [0, 0.1) is 0 Å². The molecule has 2 aromatic heterocycles. The molecule has 0 radical (unpaired) electrons. The van der Waals surface area contributed by atoms with Crippen LogP contribution in [0.3, 0.4) is 0 Å². The molecule has 0 saturated carbocycles. The first-order valence-electron chi connectivity index (χ1n) is 13.6. The summed E-state index contributed by atoms with van der Waals surface area (Å²) in [7, 11) is 0. The predicted octanol–water partition coefficient (Wildman–Crippen LogP) is 11.6. The van der Waals surface area contributed by atoms with Gasteiger partial charge in [0.1, 0.15) is 5.58 Å². The van der Waals surface area contributed by atoms with Gasteiger partial charge in [0.25, 0.3) is 0 Å². The molecule has 0 fully saturated rings. The quantitative estimate of drug-likeness (QED) is 0.204. The molecule has 0 aliphatic carbocycles. The second-order valence-electron chi connectivity index (χ2n) is 10.5. The van der Waals surface area contributed by atoms with E-state index in [4.69, 9.17) is 4.42 Å². The van der Waals surface area contributed by atoms with E-state index in [1.165, 1.54) is 74.7 Å². The molecular formula is C38H22OS. The molecule has 0 unspecified atom stereocenters. The molecule has 1 nitrogen and oxygen atoms in total. The van der Waals surface area contributed by atoms with Crippen molar-refractivity contribution in [1.29, 1.82) is 0 Å². The minimum Gasteiger partial charge on any atom is -0.455 e. The Bertz CT molecular complexity index is 2380. The predicted molar refractivity (Wildman–Crippen MR) is 172 cm³/mol. The Kier molecular flexibility index (Phi) is 4.55. The van der Waals surface area contributed by atoms with Crippen molar-refractivity contribution in [2.24, 2.45) is 0 Å². The molecule has 0 aliphatic heterocycles. The Balaban J connectivity index is 1.37. The number of rotatable bonds is 2. The molecule has 2 heterocycles. The average molecular weight is 527 g/mol. The van der Waals surface area contributed by atoms with E-state index in [0.29, 0.717) is 0 Å². The third-order valence-corrected chi connectivity index (χ3v) is 9.41. The lowest BCUT2D eigenvalue weighted by molar-refractivity contribution is 0.673.